The summed E-state index contributed by atoms with van der Waals surface area (Å²) >= 11 is 0. The standard InChI is InChI=1S/C28H28N2O5/c1-19-6-3-4-7-22(19)18-35-23-10-8-21(9-11-23)26(31)24-25(20-12-14-29-15-13-20)30(16-5-17-34-2)28(33)27(24)32/h3-4,6-15,25,31H,5,16-18H2,1-2H3. The molecule has 1 amide bonds. The summed E-state index contributed by atoms with van der Waals surface area (Å²) in [5, 5.41) is 11.2. The second-order valence-electron chi connectivity index (χ2n) is 8.36. The quantitative estimate of drug-likeness (QED) is 0.215. The Hall–Kier alpha value is -3.97. The Morgan fingerprint density at radius 3 is 2.43 bits per heavy atom. The number of Topliss-reactive ketones (excluding diaryl/α,β-unsaturated/α-hetero) is 1. The average molecular weight is 473 g/mol. The summed E-state index contributed by atoms with van der Waals surface area (Å²) in [6.07, 6.45) is 3.77. The number of likely N-dealkylation sites (tertiary alicyclic amines) is 1. The molecule has 1 unspecified atom stereocenters. The maximum absolute atomic E-state index is 13.0. The lowest BCUT2D eigenvalue weighted by Gasteiger charge is -2.25. The SMILES string of the molecule is COCCCN1C(=O)C(=O)C(=C(O)c2ccc(OCc3ccccc3C)cc2)C1c1ccncc1. The Balaban J connectivity index is 1.62. The second-order valence-corrected chi connectivity index (χ2v) is 8.36. The van der Waals surface area contributed by atoms with E-state index in [1.165, 1.54) is 4.90 Å². The van der Waals surface area contributed by atoms with Crippen LogP contribution < -0.4 is 4.74 Å². The van der Waals surface area contributed by atoms with Crippen molar-refractivity contribution in [1.82, 2.24) is 9.88 Å². The van der Waals surface area contributed by atoms with Crippen LogP contribution in [0, 0.1) is 6.92 Å². The minimum Gasteiger partial charge on any atom is -0.507 e. The van der Waals surface area contributed by atoms with Gasteiger partial charge in [-0.25, -0.2) is 0 Å². The summed E-state index contributed by atoms with van der Waals surface area (Å²) in [4.78, 5) is 31.4. The Labute approximate surface area is 204 Å². The Morgan fingerprint density at radius 1 is 1.03 bits per heavy atom. The lowest BCUT2D eigenvalue weighted by atomic mass is 9.96. The Bertz CT molecular complexity index is 1220. The van der Waals surface area contributed by atoms with Gasteiger partial charge in [0.05, 0.1) is 11.6 Å². The van der Waals surface area contributed by atoms with Crippen molar-refractivity contribution in [2.75, 3.05) is 20.3 Å². The number of nitrogens with zero attached hydrogens (tertiary/aromatic N) is 2. The number of aliphatic hydroxyl groups is 1. The minimum absolute atomic E-state index is 0.0622. The fourth-order valence-electron chi connectivity index (χ4n) is 4.18. The van der Waals surface area contributed by atoms with Crippen LogP contribution in [0.5, 0.6) is 5.75 Å². The summed E-state index contributed by atoms with van der Waals surface area (Å²) < 4.78 is 11.0. The molecule has 0 radical (unpaired) electrons. The van der Waals surface area contributed by atoms with Gasteiger partial charge in [0.2, 0.25) is 0 Å². The molecule has 1 N–H and O–H groups in total. The topological polar surface area (TPSA) is 89.0 Å². The third kappa shape index (κ3) is 5.25. The molecular weight excluding hydrogens is 444 g/mol. The van der Waals surface area contributed by atoms with Crippen molar-refractivity contribution < 1.29 is 24.2 Å². The summed E-state index contributed by atoms with van der Waals surface area (Å²) in [7, 11) is 1.59. The maximum Gasteiger partial charge on any atom is 0.295 e. The highest BCUT2D eigenvalue weighted by Gasteiger charge is 2.45. The number of carbonyl (C=O) groups excluding carboxylic acids is 2. The zero-order chi connectivity index (χ0) is 24.8. The van der Waals surface area contributed by atoms with Gasteiger partial charge in [-0.05, 0) is 66.4 Å². The Kier molecular flexibility index (Phi) is 7.57. The molecule has 4 rings (SSSR count). The fraction of sp³-hybridized carbons (Fsp3) is 0.250. The molecule has 0 spiro atoms. The summed E-state index contributed by atoms with van der Waals surface area (Å²) in [5.74, 6) is -0.926. The van der Waals surface area contributed by atoms with Crippen LogP contribution in [-0.4, -0.2) is 46.9 Å². The molecule has 3 aromatic rings. The number of ether oxygens (including phenoxy) is 2. The Morgan fingerprint density at radius 2 is 1.74 bits per heavy atom. The van der Waals surface area contributed by atoms with E-state index in [1.807, 2.05) is 31.2 Å². The zero-order valence-corrected chi connectivity index (χ0v) is 19.8. The molecule has 1 aliphatic heterocycles. The van der Waals surface area contributed by atoms with E-state index in [0.29, 0.717) is 43.1 Å². The van der Waals surface area contributed by atoms with E-state index in [-0.39, 0.29) is 11.3 Å². The van der Waals surface area contributed by atoms with Crippen LogP contribution in [0.15, 0.2) is 78.6 Å². The van der Waals surface area contributed by atoms with Crippen molar-refractivity contribution in [3.63, 3.8) is 0 Å². The predicted molar refractivity (Wildman–Crippen MR) is 132 cm³/mol. The molecule has 7 heteroatoms. The largest absolute Gasteiger partial charge is 0.507 e. The maximum atomic E-state index is 13.0. The van der Waals surface area contributed by atoms with Crippen LogP contribution in [-0.2, 0) is 20.9 Å². The van der Waals surface area contributed by atoms with Crippen molar-refractivity contribution in [1.29, 1.82) is 0 Å². The second kappa shape index (κ2) is 11.0. The van der Waals surface area contributed by atoms with Gasteiger partial charge in [0.1, 0.15) is 18.1 Å². The van der Waals surface area contributed by atoms with E-state index in [2.05, 4.69) is 4.98 Å². The van der Waals surface area contributed by atoms with Crippen LogP contribution in [0.3, 0.4) is 0 Å². The fourth-order valence-corrected chi connectivity index (χ4v) is 4.18. The molecule has 0 aliphatic carbocycles. The van der Waals surface area contributed by atoms with Gasteiger partial charge in [0.15, 0.2) is 0 Å². The van der Waals surface area contributed by atoms with Crippen molar-refractivity contribution >= 4 is 17.4 Å². The zero-order valence-electron chi connectivity index (χ0n) is 19.8. The first-order valence-electron chi connectivity index (χ1n) is 11.5. The molecule has 7 nitrogen and oxygen atoms in total. The van der Waals surface area contributed by atoms with Gasteiger partial charge in [-0.2, -0.15) is 0 Å². The highest BCUT2D eigenvalue weighted by Crippen LogP contribution is 2.39. The van der Waals surface area contributed by atoms with Gasteiger partial charge in [0.25, 0.3) is 11.7 Å². The molecule has 35 heavy (non-hydrogen) atoms. The molecular formula is C28H28N2O5. The molecule has 0 bridgehead atoms. The number of hydrogen-bond donors (Lipinski definition) is 1. The third-order valence-corrected chi connectivity index (χ3v) is 6.09. The van der Waals surface area contributed by atoms with Crippen LogP contribution in [0.1, 0.15) is 34.7 Å². The third-order valence-electron chi connectivity index (χ3n) is 6.09. The lowest BCUT2D eigenvalue weighted by molar-refractivity contribution is -0.140. The van der Waals surface area contributed by atoms with Crippen LogP contribution in [0.4, 0.5) is 0 Å². The van der Waals surface area contributed by atoms with E-state index in [1.54, 1.807) is 55.9 Å². The molecule has 2 aromatic carbocycles. The van der Waals surface area contributed by atoms with Gasteiger partial charge in [-0.1, -0.05) is 24.3 Å². The molecule has 0 saturated carbocycles. The van der Waals surface area contributed by atoms with Crippen molar-refractivity contribution in [3.8, 4) is 5.75 Å². The normalized spacial score (nSPS) is 17.1. The number of aryl methyl sites for hydroxylation is 1. The first-order chi connectivity index (χ1) is 17.0. The first kappa shape index (κ1) is 24.2. The number of ketones is 1. The minimum atomic E-state index is -0.707. The number of methoxy groups -OCH3 is 1. The first-order valence-corrected chi connectivity index (χ1v) is 11.5. The number of rotatable bonds is 9. The number of pyridine rings is 1. The lowest BCUT2D eigenvalue weighted by Crippen LogP contribution is -2.31. The van der Waals surface area contributed by atoms with E-state index in [9.17, 15) is 14.7 Å². The summed E-state index contributed by atoms with van der Waals surface area (Å²) in [6, 6.07) is 17.6. The number of aromatic nitrogens is 1. The molecule has 1 aromatic heterocycles. The molecule has 1 saturated heterocycles. The van der Waals surface area contributed by atoms with Crippen LogP contribution in [0.2, 0.25) is 0 Å². The average Bonchev–Trinajstić information content (AvgIpc) is 3.14. The van der Waals surface area contributed by atoms with Crippen LogP contribution in [0.25, 0.3) is 5.76 Å². The molecule has 2 heterocycles. The van der Waals surface area contributed by atoms with E-state index in [0.717, 1.165) is 11.1 Å². The number of amides is 1. The molecule has 1 atom stereocenters. The summed E-state index contributed by atoms with van der Waals surface area (Å²) in [5.41, 5.74) is 3.43. The van der Waals surface area contributed by atoms with E-state index >= 15 is 0 Å². The van der Waals surface area contributed by atoms with E-state index < -0.39 is 17.7 Å². The molecule has 180 valence electrons. The highest BCUT2D eigenvalue weighted by atomic mass is 16.5. The number of hydrogen-bond acceptors (Lipinski definition) is 6. The van der Waals surface area contributed by atoms with Gasteiger partial charge in [-0.15, -0.1) is 0 Å². The predicted octanol–water partition coefficient (Wildman–Crippen LogP) is 4.43. The monoisotopic (exact) mass is 472 g/mol. The summed E-state index contributed by atoms with van der Waals surface area (Å²) in [6.45, 7) is 3.24. The molecule has 1 fully saturated rings. The van der Waals surface area contributed by atoms with Gasteiger partial charge in [-0.3, -0.25) is 14.6 Å². The number of carbonyl (C=O) groups is 2. The van der Waals surface area contributed by atoms with E-state index in [4.69, 9.17) is 9.47 Å². The number of benzene rings is 2. The highest BCUT2D eigenvalue weighted by molar-refractivity contribution is 6.46. The van der Waals surface area contributed by atoms with Crippen molar-refractivity contribution in [2.24, 2.45) is 0 Å². The van der Waals surface area contributed by atoms with Gasteiger partial charge < -0.3 is 19.5 Å². The van der Waals surface area contributed by atoms with Gasteiger partial charge in [0, 0.05) is 38.2 Å². The van der Waals surface area contributed by atoms with Crippen molar-refractivity contribution in [3.05, 3.63) is 101 Å². The molecule has 1 aliphatic rings. The van der Waals surface area contributed by atoms with Crippen molar-refractivity contribution in [2.45, 2.75) is 26.0 Å². The smallest absolute Gasteiger partial charge is 0.295 e. The number of aliphatic hydroxyl groups excluding tert-OH is 1. The van der Waals surface area contributed by atoms with Crippen LogP contribution >= 0.6 is 0 Å². The van der Waals surface area contributed by atoms with Gasteiger partial charge >= 0.3 is 0 Å².